The van der Waals surface area contributed by atoms with Crippen molar-refractivity contribution in [3.05, 3.63) is 22.4 Å². The fourth-order valence-corrected chi connectivity index (χ4v) is 2.51. The van der Waals surface area contributed by atoms with Crippen LogP contribution in [-0.2, 0) is 10.2 Å². The van der Waals surface area contributed by atoms with E-state index in [4.69, 9.17) is 5.73 Å². The topological polar surface area (TPSA) is 55.1 Å². The van der Waals surface area contributed by atoms with Gasteiger partial charge in [-0.2, -0.15) is 0 Å². The molecule has 0 radical (unpaired) electrons. The number of nitrogens with two attached hydrogens (primary N) is 1. The number of hydrogen-bond acceptors (Lipinski definition) is 3. The molecule has 1 aromatic rings. The van der Waals surface area contributed by atoms with E-state index < -0.39 is 0 Å². The van der Waals surface area contributed by atoms with Gasteiger partial charge < -0.3 is 11.1 Å². The summed E-state index contributed by atoms with van der Waals surface area (Å²) in [5.74, 6) is 0.00812. The SMILES string of the molecule is CCC(CN)C(=O)NCC(C)(C)c1cccs1. The second-order valence-electron chi connectivity index (χ2n) is 4.92. The van der Waals surface area contributed by atoms with Crippen LogP contribution in [0.3, 0.4) is 0 Å². The van der Waals surface area contributed by atoms with Crippen LogP contribution in [-0.4, -0.2) is 19.0 Å². The standard InChI is InChI=1S/C13H22N2OS/c1-4-10(8-14)12(16)15-9-13(2,3)11-6-5-7-17-11/h5-7,10H,4,8-9,14H2,1-3H3,(H,15,16). The summed E-state index contributed by atoms with van der Waals surface area (Å²) in [5.41, 5.74) is 5.54. The molecule has 1 amide bonds. The molecule has 0 aliphatic carbocycles. The van der Waals surface area contributed by atoms with Crippen LogP contribution in [0.4, 0.5) is 0 Å². The normalized spacial score (nSPS) is 13.4. The first-order chi connectivity index (χ1) is 8.01. The minimum absolute atomic E-state index is 0.0171. The molecule has 0 aliphatic rings. The predicted molar refractivity (Wildman–Crippen MR) is 73.2 cm³/mol. The van der Waals surface area contributed by atoms with Gasteiger partial charge in [0.25, 0.3) is 0 Å². The molecule has 0 saturated heterocycles. The van der Waals surface area contributed by atoms with Gasteiger partial charge in [-0.1, -0.05) is 26.8 Å². The Hall–Kier alpha value is -0.870. The van der Waals surface area contributed by atoms with Crippen LogP contribution in [0.1, 0.15) is 32.1 Å². The van der Waals surface area contributed by atoms with Gasteiger partial charge in [-0.25, -0.2) is 0 Å². The molecule has 0 aliphatic heterocycles. The molecule has 1 rings (SSSR count). The summed E-state index contributed by atoms with van der Waals surface area (Å²) in [6.45, 7) is 7.34. The zero-order valence-electron chi connectivity index (χ0n) is 10.8. The van der Waals surface area contributed by atoms with Crippen molar-refractivity contribution in [3.63, 3.8) is 0 Å². The molecule has 0 bridgehead atoms. The van der Waals surface area contributed by atoms with E-state index in [-0.39, 0.29) is 17.2 Å². The third kappa shape index (κ3) is 3.82. The number of carbonyl (C=O) groups is 1. The Kier molecular flexibility index (Phi) is 5.15. The maximum absolute atomic E-state index is 11.8. The lowest BCUT2D eigenvalue weighted by Gasteiger charge is -2.25. The van der Waals surface area contributed by atoms with E-state index >= 15 is 0 Å². The fraction of sp³-hybridized carbons (Fsp3) is 0.615. The molecule has 3 N–H and O–H groups in total. The zero-order valence-corrected chi connectivity index (χ0v) is 11.6. The first-order valence-electron chi connectivity index (χ1n) is 6.03. The van der Waals surface area contributed by atoms with Crippen LogP contribution in [0, 0.1) is 5.92 Å². The molecule has 0 fully saturated rings. The van der Waals surface area contributed by atoms with Gasteiger partial charge in [0, 0.05) is 29.3 Å². The van der Waals surface area contributed by atoms with E-state index in [2.05, 4.69) is 30.6 Å². The maximum atomic E-state index is 11.8. The molecule has 3 nitrogen and oxygen atoms in total. The Morgan fingerprint density at radius 2 is 2.29 bits per heavy atom. The van der Waals surface area contributed by atoms with Gasteiger partial charge in [0.15, 0.2) is 0 Å². The van der Waals surface area contributed by atoms with Crippen molar-refractivity contribution in [1.29, 1.82) is 0 Å². The summed E-state index contributed by atoms with van der Waals surface area (Å²) < 4.78 is 0. The van der Waals surface area contributed by atoms with Crippen molar-refractivity contribution < 1.29 is 4.79 Å². The Morgan fingerprint density at radius 1 is 1.59 bits per heavy atom. The summed E-state index contributed by atoms with van der Waals surface area (Å²) in [5, 5.41) is 5.06. The predicted octanol–water partition coefficient (Wildman–Crippen LogP) is 2.13. The molecule has 1 heterocycles. The molecule has 4 heteroatoms. The fourth-order valence-electron chi connectivity index (χ4n) is 1.66. The van der Waals surface area contributed by atoms with Gasteiger partial charge in [-0.05, 0) is 17.9 Å². The van der Waals surface area contributed by atoms with Gasteiger partial charge in [0.2, 0.25) is 5.91 Å². The molecular formula is C13H22N2OS. The van der Waals surface area contributed by atoms with E-state index in [9.17, 15) is 4.79 Å². The average molecular weight is 254 g/mol. The van der Waals surface area contributed by atoms with Crippen molar-refractivity contribution >= 4 is 17.2 Å². The minimum Gasteiger partial charge on any atom is -0.355 e. The van der Waals surface area contributed by atoms with Crippen molar-refractivity contribution in [2.75, 3.05) is 13.1 Å². The smallest absolute Gasteiger partial charge is 0.224 e. The zero-order chi connectivity index (χ0) is 12.9. The van der Waals surface area contributed by atoms with Gasteiger partial charge in [0.05, 0.1) is 0 Å². The van der Waals surface area contributed by atoms with Crippen LogP contribution in [0.2, 0.25) is 0 Å². The van der Waals surface area contributed by atoms with Crippen molar-refractivity contribution in [2.45, 2.75) is 32.6 Å². The van der Waals surface area contributed by atoms with Gasteiger partial charge >= 0.3 is 0 Å². The third-order valence-corrected chi connectivity index (χ3v) is 4.28. The molecule has 0 saturated carbocycles. The monoisotopic (exact) mass is 254 g/mol. The van der Waals surface area contributed by atoms with E-state index in [1.807, 2.05) is 13.0 Å². The molecular weight excluding hydrogens is 232 g/mol. The lowest BCUT2D eigenvalue weighted by molar-refractivity contribution is -0.125. The molecule has 1 atom stereocenters. The molecule has 17 heavy (non-hydrogen) atoms. The Bertz CT molecular complexity index is 342. The van der Waals surface area contributed by atoms with Crippen LogP contribution in [0.15, 0.2) is 17.5 Å². The summed E-state index contributed by atoms with van der Waals surface area (Å²) in [7, 11) is 0. The van der Waals surface area contributed by atoms with Gasteiger partial charge in [-0.15, -0.1) is 11.3 Å². The third-order valence-electron chi connectivity index (χ3n) is 3.04. The summed E-state index contributed by atoms with van der Waals surface area (Å²) in [4.78, 5) is 13.1. The van der Waals surface area contributed by atoms with Crippen molar-refractivity contribution in [3.8, 4) is 0 Å². The lowest BCUT2D eigenvalue weighted by Crippen LogP contribution is -2.41. The highest BCUT2D eigenvalue weighted by molar-refractivity contribution is 7.10. The first-order valence-corrected chi connectivity index (χ1v) is 6.91. The highest BCUT2D eigenvalue weighted by Gasteiger charge is 2.24. The van der Waals surface area contributed by atoms with E-state index in [1.165, 1.54) is 4.88 Å². The molecule has 96 valence electrons. The van der Waals surface area contributed by atoms with Crippen LogP contribution in [0.25, 0.3) is 0 Å². The highest BCUT2D eigenvalue weighted by Crippen LogP contribution is 2.26. The first kappa shape index (κ1) is 14.2. The number of thiophene rings is 1. The number of amides is 1. The Morgan fingerprint density at radius 3 is 2.76 bits per heavy atom. The maximum Gasteiger partial charge on any atom is 0.224 e. The second-order valence-corrected chi connectivity index (χ2v) is 5.87. The highest BCUT2D eigenvalue weighted by atomic mass is 32.1. The molecule has 1 aromatic heterocycles. The molecule has 0 aromatic carbocycles. The van der Waals surface area contributed by atoms with E-state index in [0.29, 0.717) is 13.1 Å². The van der Waals surface area contributed by atoms with Crippen molar-refractivity contribution in [2.24, 2.45) is 11.7 Å². The number of rotatable bonds is 6. The quantitative estimate of drug-likeness (QED) is 0.817. The van der Waals surface area contributed by atoms with Gasteiger partial charge in [0.1, 0.15) is 0 Å². The largest absolute Gasteiger partial charge is 0.355 e. The number of nitrogens with one attached hydrogen (secondary N) is 1. The van der Waals surface area contributed by atoms with Crippen LogP contribution < -0.4 is 11.1 Å². The molecule has 0 spiro atoms. The van der Waals surface area contributed by atoms with Gasteiger partial charge in [-0.3, -0.25) is 4.79 Å². The van der Waals surface area contributed by atoms with Crippen LogP contribution >= 0.6 is 11.3 Å². The lowest BCUT2D eigenvalue weighted by atomic mass is 9.91. The summed E-state index contributed by atoms with van der Waals surface area (Å²) in [6.07, 6.45) is 0.793. The van der Waals surface area contributed by atoms with E-state index in [1.54, 1.807) is 11.3 Å². The Balaban J connectivity index is 2.53. The molecule has 1 unspecified atom stereocenters. The summed E-state index contributed by atoms with van der Waals surface area (Å²) >= 11 is 1.73. The minimum atomic E-state index is -0.0610. The number of carbonyl (C=O) groups excluding carboxylic acids is 1. The second kappa shape index (κ2) is 6.17. The Labute approximate surface area is 107 Å². The average Bonchev–Trinajstić information content (AvgIpc) is 2.82. The summed E-state index contributed by atoms with van der Waals surface area (Å²) in [6, 6.07) is 4.15. The van der Waals surface area contributed by atoms with E-state index in [0.717, 1.165) is 6.42 Å². The number of hydrogen-bond donors (Lipinski definition) is 2. The van der Waals surface area contributed by atoms with Crippen molar-refractivity contribution in [1.82, 2.24) is 5.32 Å². The van der Waals surface area contributed by atoms with Crippen LogP contribution in [0.5, 0.6) is 0 Å².